The molecule has 2 aromatic rings. The fourth-order valence-corrected chi connectivity index (χ4v) is 2.33. The van der Waals surface area contributed by atoms with Crippen molar-refractivity contribution < 1.29 is 9.59 Å². The average Bonchev–Trinajstić information content (AvgIpc) is 2.87. The average molecular weight is 285 g/mol. The van der Waals surface area contributed by atoms with Crippen LogP contribution in [0.1, 0.15) is 23.9 Å². The summed E-state index contributed by atoms with van der Waals surface area (Å²) in [7, 11) is 0. The summed E-state index contributed by atoms with van der Waals surface area (Å²) in [6.07, 6.45) is 0.0234. The molecule has 2 N–H and O–H groups in total. The zero-order valence-corrected chi connectivity index (χ0v) is 11.8. The maximum Gasteiger partial charge on any atom is 0.252 e. The lowest BCUT2D eigenvalue weighted by atomic mass is 10.2. The van der Waals surface area contributed by atoms with Gasteiger partial charge in [-0.3, -0.25) is 14.9 Å². The Balaban J connectivity index is 1.71. The second-order valence-corrected chi connectivity index (χ2v) is 5.05. The second kappa shape index (κ2) is 5.01. The Morgan fingerprint density at radius 3 is 3.00 bits per heavy atom. The molecule has 2 heterocycles. The van der Waals surface area contributed by atoms with E-state index in [2.05, 4.69) is 20.7 Å². The molecule has 1 atom stereocenters. The lowest BCUT2D eigenvalue weighted by Gasteiger charge is -2.10. The molecule has 0 saturated carbocycles. The van der Waals surface area contributed by atoms with E-state index in [0.717, 1.165) is 5.56 Å². The molecule has 108 valence electrons. The lowest BCUT2D eigenvalue weighted by molar-refractivity contribution is -0.123. The standard InChI is InChI=1S/C14H15N5O2/c1-8-4-3-5-10(6-8)16-12(20)7-11-13(21)17-14-15-9(2)18-19(11)14/h3-6,11H,7H2,1-2H3,(H,16,20)(H,15,17,18,21)/t11-/m0/s1. The molecular formula is C14H15N5O2. The van der Waals surface area contributed by atoms with Crippen LogP contribution in [0.4, 0.5) is 11.6 Å². The second-order valence-electron chi connectivity index (χ2n) is 5.05. The van der Waals surface area contributed by atoms with Gasteiger partial charge in [-0.1, -0.05) is 12.1 Å². The van der Waals surface area contributed by atoms with Crippen LogP contribution in [0.15, 0.2) is 24.3 Å². The fraction of sp³-hybridized carbons (Fsp3) is 0.286. The minimum Gasteiger partial charge on any atom is -0.326 e. The monoisotopic (exact) mass is 285 g/mol. The maximum absolute atomic E-state index is 12.1. The summed E-state index contributed by atoms with van der Waals surface area (Å²) in [4.78, 5) is 28.0. The maximum atomic E-state index is 12.1. The molecule has 1 aliphatic heterocycles. The lowest BCUT2D eigenvalue weighted by Crippen LogP contribution is -2.23. The molecule has 1 aliphatic rings. The number of nitrogens with zero attached hydrogens (tertiary/aromatic N) is 3. The summed E-state index contributed by atoms with van der Waals surface area (Å²) >= 11 is 0. The van der Waals surface area contributed by atoms with Gasteiger partial charge in [0.1, 0.15) is 11.9 Å². The molecule has 0 radical (unpaired) electrons. The molecule has 2 amide bonds. The summed E-state index contributed by atoms with van der Waals surface area (Å²) in [5.41, 5.74) is 1.77. The highest BCUT2D eigenvalue weighted by Crippen LogP contribution is 2.25. The van der Waals surface area contributed by atoms with E-state index in [4.69, 9.17) is 0 Å². The van der Waals surface area contributed by atoms with Crippen LogP contribution in [-0.4, -0.2) is 26.6 Å². The molecule has 0 spiro atoms. The van der Waals surface area contributed by atoms with Crippen LogP contribution in [0.3, 0.4) is 0 Å². The molecule has 7 nitrogen and oxygen atoms in total. The van der Waals surface area contributed by atoms with Gasteiger partial charge in [0, 0.05) is 5.69 Å². The predicted octanol–water partition coefficient (Wildman–Crippen LogP) is 1.42. The van der Waals surface area contributed by atoms with Crippen molar-refractivity contribution >= 4 is 23.5 Å². The topological polar surface area (TPSA) is 88.9 Å². The Kier molecular flexibility index (Phi) is 3.17. The molecular weight excluding hydrogens is 270 g/mol. The van der Waals surface area contributed by atoms with Gasteiger partial charge < -0.3 is 5.32 Å². The molecule has 21 heavy (non-hydrogen) atoms. The summed E-state index contributed by atoms with van der Waals surface area (Å²) in [6, 6.07) is 6.85. The van der Waals surface area contributed by atoms with Gasteiger partial charge in [-0.15, -0.1) is 0 Å². The van der Waals surface area contributed by atoms with Crippen molar-refractivity contribution in [1.29, 1.82) is 0 Å². The van der Waals surface area contributed by atoms with Crippen molar-refractivity contribution in [3.63, 3.8) is 0 Å². The quantitative estimate of drug-likeness (QED) is 0.892. The van der Waals surface area contributed by atoms with E-state index in [9.17, 15) is 9.59 Å². The molecule has 1 aromatic carbocycles. The SMILES string of the molecule is Cc1cccc(NC(=O)C[C@H]2C(=O)Nc3nc(C)nn32)c1. The Morgan fingerprint density at radius 1 is 1.43 bits per heavy atom. The van der Waals surface area contributed by atoms with E-state index in [1.54, 1.807) is 6.92 Å². The van der Waals surface area contributed by atoms with Crippen molar-refractivity contribution in [2.75, 3.05) is 10.6 Å². The summed E-state index contributed by atoms with van der Waals surface area (Å²) in [6.45, 7) is 3.69. The van der Waals surface area contributed by atoms with E-state index >= 15 is 0 Å². The zero-order chi connectivity index (χ0) is 15.0. The van der Waals surface area contributed by atoms with Crippen molar-refractivity contribution in [2.45, 2.75) is 26.3 Å². The van der Waals surface area contributed by atoms with Crippen molar-refractivity contribution in [1.82, 2.24) is 14.8 Å². The number of benzene rings is 1. The molecule has 0 unspecified atom stereocenters. The zero-order valence-electron chi connectivity index (χ0n) is 11.8. The van der Waals surface area contributed by atoms with Crippen molar-refractivity contribution in [3.05, 3.63) is 35.7 Å². The highest BCUT2D eigenvalue weighted by atomic mass is 16.2. The van der Waals surface area contributed by atoms with Gasteiger partial charge in [0.2, 0.25) is 11.9 Å². The smallest absolute Gasteiger partial charge is 0.252 e. The molecule has 7 heteroatoms. The minimum atomic E-state index is -0.647. The van der Waals surface area contributed by atoms with Gasteiger partial charge in [0.25, 0.3) is 5.91 Å². The number of anilines is 2. The van der Waals surface area contributed by atoms with Gasteiger partial charge in [0.05, 0.1) is 6.42 Å². The largest absolute Gasteiger partial charge is 0.326 e. The van der Waals surface area contributed by atoms with Crippen LogP contribution < -0.4 is 10.6 Å². The number of rotatable bonds is 3. The first kappa shape index (κ1) is 13.3. The number of hydrogen-bond donors (Lipinski definition) is 2. The van der Waals surface area contributed by atoms with Crippen LogP contribution in [0, 0.1) is 13.8 Å². The Bertz CT molecular complexity index is 722. The number of aromatic nitrogens is 3. The van der Waals surface area contributed by atoms with Gasteiger partial charge in [0.15, 0.2) is 0 Å². The third-order valence-electron chi connectivity index (χ3n) is 3.25. The molecule has 0 saturated heterocycles. The van der Waals surface area contributed by atoms with E-state index in [1.165, 1.54) is 4.68 Å². The Morgan fingerprint density at radius 2 is 2.24 bits per heavy atom. The van der Waals surface area contributed by atoms with Crippen LogP contribution in [0.2, 0.25) is 0 Å². The van der Waals surface area contributed by atoms with Crippen LogP contribution in [0.5, 0.6) is 0 Å². The molecule has 1 aromatic heterocycles. The van der Waals surface area contributed by atoms with E-state index < -0.39 is 6.04 Å². The Labute approximate surface area is 121 Å². The van der Waals surface area contributed by atoms with E-state index in [0.29, 0.717) is 17.5 Å². The fourth-order valence-electron chi connectivity index (χ4n) is 2.33. The molecule has 0 aliphatic carbocycles. The number of aryl methyl sites for hydroxylation is 2. The number of amides is 2. The highest BCUT2D eigenvalue weighted by Gasteiger charge is 2.34. The molecule has 3 rings (SSSR count). The molecule has 0 bridgehead atoms. The van der Waals surface area contributed by atoms with E-state index in [-0.39, 0.29) is 18.2 Å². The first-order chi connectivity index (χ1) is 10.0. The summed E-state index contributed by atoms with van der Waals surface area (Å²) < 4.78 is 1.47. The van der Waals surface area contributed by atoms with Crippen molar-refractivity contribution in [3.8, 4) is 0 Å². The first-order valence-corrected chi connectivity index (χ1v) is 6.63. The van der Waals surface area contributed by atoms with Gasteiger partial charge >= 0.3 is 0 Å². The number of hydrogen-bond acceptors (Lipinski definition) is 4. The summed E-state index contributed by atoms with van der Waals surface area (Å²) in [5, 5.41) is 9.54. The van der Waals surface area contributed by atoms with Gasteiger partial charge in [-0.2, -0.15) is 10.1 Å². The first-order valence-electron chi connectivity index (χ1n) is 6.63. The summed E-state index contributed by atoms with van der Waals surface area (Å²) in [5.74, 6) is 0.464. The normalized spacial score (nSPS) is 16.5. The van der Waals surface area contributed by atoms with Crippen LogP contribution in [-0.2, 0) is 9.59 Å². The predicted molar refractivity (Wildman–Crippen MR) is 76.9 cm³/mol. The Hall–Kier alpha value is -2.70. The molecule has 0 fully saturated rings. The number of nitrogens with one attached hydrogen (secondary N) is 2. The van der Waals surface area contributed by atoms with Gasteiger partial charge in [-0.25, -0.2) is 4.68 Å². The van der Waals surface area contributed by atoms with Crippen LogP contribution >= 0.6 is 0 Å². The van der Waals surface area contributed by atoms with Crippen molar-refractivity contribution in [2.24, 2.45) is 0 Å². The minimum absolute atomic E-state index is 0.0234. The number of carbonyl (C=O) groups is 2. The third kappa shape index (κ3) is 2.62. The third-order valence-corrected chi connectivity index (χ3v) is 3.25. The van der Waals surface area contributed by atoms with E-state index in [1.807, 2.05) is 31.2 Å². The number of carbonyl (C=O) groups excluding carboxylic acids is 2. The number of fused-ring (bicyclic) bond motifs is 1. The van der Waals surface area contributed by atoms with Crippen LogP contribution in [0.25, 0.3) is 0 Å². The highest BCUT2D eigenvalue weighted by molar-refractivity contribution is 6.00. The van der Waals surface area contributed by atoms with Gasteiger partial charge in [-0.05, 0) is 31.5 Å².